The molecule has 7 nitrogen and oxygen atoms in total. The predicted octanol–water partition coefficient (Wildman–Crippen LogP) is -0.712. The number of rotatable bonds is 3. The molecule has 1 saturated heterocycles. The van der Waals surface area contributed by atoms with Crippen molar-refractivity contribution >= 4 is 5.91 Å². The summed E-state index contributed by atoms with van der Waals surface area (Å²) in [5.41, 5.74) is -0.0693. The number of β-amino-alcohol motifs (C(OH)–C–C–N with tert-alkyl or cyclic N) is 1. The van der Waals surface area contributed by atoms with Gasteiger partial charge in [-0.3, -0.25) is 14.6 Å². The Morgan fingerprint density at radius 3 is 2.80 bits per heavy atom. The monoisotopic (exact) mass is 281 g/mol. The number of nitrogens with one attached hydrogen (secondary N) is 2. The van der Waals surface area contributed by atoms with Crippen LogP contribution >= 0.6 is 0 Å². The average Bonchev–Trinajstić information content (AvgIpc) is 2.37. The van der Waals surface area contributed by atoms with E-state index >= 15 is 0 Å². The molecule has 0 aliphatic carbocycles. The van der Waals surface area contributed by atoms with Crippen molar-refractivity contribution in [3.8, 4) is 0 Å². The molecular formula is C13H19N3O4. The number of hydrogen-bond acceptors (Lipinski definition) is 4. The number of amides is 1. The van der Waals surface area contributed by atoms with Gasteiger partial charge in [-0.25, -0.2) is 4.79 Å². The molecule has 2 rings (SSSR count). The van der Waals surface area contributed by atoms with Crippen LogP contribution in [0.5, 0.6) is 0 Å². The summed E-state index contributed by atoms with van der Waals surface area (Å²) in [6.45, 7) is 2.65. The second kappa shape index (κ2) is 6.04. The second-order valence-corrected chi connectivity index (χ2v) is 5.15. The number of carbonyl (C=O) groups is 1. The van der Waals surface area contributed by atoms with E-state index < -0.39 is 17.4 Å². The Labute approximate surface area is 115 Å². The molecule has 0 aromatic carbocycles. The van der Waals surface area contributed by atoms with E-state index in [9.17, 15) is 19.5 Å². The fraction of sp³-hybridized carbons (Fsp3) is 0.615. The third-order valence-corrected chi connectivity index (χ3v) is 3.59. The number of aliphatic hydroxyl groups excluding tert-OH is 1. The van der Waals surface area contributed by atoms with Crippen LogP contribution in [0.1, 0.15) is 30.5 Å². The molecule has 0 unspecified atom stereocenters. The highest BCUT2D eigenvalue weighted by atomic mass is 16.3. The van der Waals surface area contributed by atoms with Gasteiger partial charge in [0.1, 0.15) is 0 Å². The normalized spacial score (nSPS) is 19.1. The molecule has 3 N–H and O–H groups in total. The molecule has 1 aromatic rings. The van der Waals surface area contributed by atoms with Gasteiger partial charge in [0.15, 0.2) is 0 Å². The number of hydrogen-bond donors (Lipinski definition) is 3. The summed E-state index contributed by atoms with van der Waals surface area (Å²) >= 11 is 0. The number of aryl methyl sites for hydroxylation is 1. The number of likely N-dealkylation sites (tertiary alicyclic amines) is 1. The quantitative estimate of drug-likeness (QED) is 0.680. The maximum Gasteiger partial charge on any atom is 0.325 e. The molecule has 0 saturated carbocycles. The zero-order chi connectivity index (χ0) is 14.7. The van der Waals surface area contributed by atoms with Crippen molar-refractivity contribution in [3.63, 3.8) is 0 Å². The minimum absolute atomic E-state index is 0.0752. The fourth-order valence-electron chi connectivity index (χ4n) is 2.50. The molecule has 1 fully saturated rings. The van der Waals surface area contributed by atoms with Gasteiger partial charge in [0, 0.05) is 30.8 Å². The maximum atomic E-state index is 12.0. The number of H-pyrrole nitrogens is 2. The molecule has 1 aliphatic heterocycles. The summed E-state index contributed by atoms with van der Waals surface area (Å²) in [7, 11) is 0. The molecule has 1 atom stereocenters. The van der Waals surface area contributed by atoms with E-state index in [-0.39, 0.29) is 18.7 Å². The van der Waals surface area contributed by atoms with Crippen molar-refractivity contribution in [2.75, 3.05) is 13.1 Å². The van der Waals surface area contributed by atoms with Crippen LogP contribution in [0.15, 0.2) is 9.59 Å². The van der Waals surface area contributed by atoms with Gasteiger partial charge in [-0.2, -0.15) is 0 Å². The van der Waals surface area contributed by atoms with Crippen LogP contribution < -0.4 is 11.2 Å². The van der Waals surface area contributed by atoms with Crippen molar-refractivity contribution in [3.05, 3.63) is 32.1 Å². The third-order valence-electron chi connectivity index (χ3n) is 3.59. The van der Waals surface area contributed by atoms with E-state index in [0.717, 1.165) is 12.8 Å². The predicted molar refractivity (Wildman–Crippen MR) is 72.6 cm³/mol. The van der Waals surface area contributed by atoms with Gasteiger partial charge in [-0.05, 0) is 26.2 Å². The van der Waals surface area contributed by atoms with Crippen molar-refractivity contribution in [1.29, 1.82) is 0 Å². The van der Waals surface area contributed by atoms with Gasteiger partial charge in [-0.15, -0.1) is 0 Å². The molecule has 7 heteroatoms. The first-order valence-electron chi connectivity index (χ1n) is 6.75. The standard InChI is InChI=1S/C13H19N3O4/c1-8-10(12(19)15-13(20)14-8)4-5-11(18)16-6-2-3-9(17)7-16/h9,17H,2-7H2,1H3,(H2,14,15,19,20)/t9-/m0/s1. The van der Waals surface area contributed by atoms with Crippen LogP contribution in [0.3, 0.4) is 0 Å². The molecule has 0 radical (unpaired) electrons. The van der Waals surface area contributed by atoms with Crippen LogP contribution in [-0.2, 0) is 11.2 Å². The van der Waals surface area contributed by atoms with Crippen molar-refractivity contribution in [2.45, 2.75) is 38.7 Å². The number of nitrogens with zero attached hydrogens (tertiary/aromatic N) is 1. The van der Waals surface area contributed by atoms with E-state index in [2.05, 4.69) is 9.97 Å². The molecule has 0 bridgehead atoms. The van der Waals surface area contributed by atoms with Gasteiger partial charge in [0.25, 0.3) is 5.56 Å². The summed E-state index contributed by atoms with van der Waals surface area (Å²) in [5.74, 6) is -0.0752. The SMILES string of the molecule is Cc1[nH]c(=O)[nH]c(=O)c1CCC(=O)N1CCC[C@H](O)C1. The lowest BCUT2D eigenvalue weighted by Gasteiger charge is -2.30. The highest BCUT2D eigenvalue weighted by Gasteiger charge is 2.22. The molecule has 20 heavy (non-hydrogen) atoms. The molecular weight excluding hydrogens is 262 g/mol. The van der Waals surface area contributed by atoms with Gasteiger partial charge in [0.2, 0.25) is 5.91 Å². The zero-order valence-electron chi connectivity index (χ0n) is 11.4. The van der Waals surface area contributed by atoms with Gasteiger partial charge >= 0.3 is 5.69 Å². The Kier molecular flexibility index (Phi) is 4.39. The Bertz CT molecular complexity index is 604. The van der Waals surface area contributed by atoms with E-state index in [1.807, 2.05) is 0 Å². The Morgan fingerprint density at radius 1 is 1.40 bits per heavy atom. The highest BCUT2D eigenvalue weighted by molar-refractivity contribution is 5.76. The Morgan fingerprint density at radius 2 is 2.15 bits per heavy atom. The number of piperidine rings is 1. The molecule has 1 aliphatic rings. The van der Waals surface area contributed by atoms with Crippen molar-refractivity contribution in [2.24, 2.45) is 0 Å². The van der Waals surface area contributed by atoms with Gasteiger partial charge < -0.3 is 15.0 Å². The zero-order valence-corrected chi connectivity index (χ0v) is 11.4. The van der Waals surface area contributed by atoms with Crippen molar-refractivity contribution < 1.29 is 9.90 Å². The minimum atomic E-state index is -0.540. The van der Waals surface area contributed by atoms with E-state index in [1.165, 1.54) is 0 Å². The summed E-state index contributed by atoms with van der Waals surface area (Å²) in [5, 5.41) is 9.54. The van der Waals surface area contributed by atoms with E-state index in [1.54, 1.807) is 11.8 Å². The van der Waals surface area contributed by atoms with E-state index in [4.69, 9.17) is 0 Å². The lowest BCUT2D eigenvalue weighted by Crippen LogP contribution is -2.42. The topological polar surface area (TPSA) is 106 Å². The molecule has 0 spiro atoms. The molecule has 1 amide bonds. The summed E-state index contributed by atoms with van der Waals surface area (Å²) in [6.07, 6.45) is 1.55. The highest BCUT2D eigenvalue weighted by Crippen LogP contribution is 2.12. The Hall–Kier alpha value is -1.89. The largest absolute Gasteiger partial charge is 0.391 e. The first kappa shape index (κ1) is 14.5. The van der Waals surface area contributed by atoms with Gasteiger partial charge in [0.05, 0.1) is 6.10 Å². The van der Waals surface area contributed by atoms with Crippen LogP contribution in [0.25, 0.3) is 0 Å². The van der Waals surface area contributed by atoms with Crippen LogP contribution in [-0.4, -0.2) is 45.1 Å². The fourth-order valence-corrected chi connectivity index (χ4v) is 2.50. The first-order valence-corrected chi connectivity index (χ1v) is 6.75. The third kappa shape index (κ3) is 3.36. The number of carbonyl (C=O) groups excluding carboxylic acids is 1. The second-order valence-electron chi connectivity index (χ2n) is 5.15. The maximum absolute atomic E-state index is 12.0. The van der Waals surface area contributed by atoms with Crippen LogP contribution in [0.4, 0.5) is 0 Å². The Balaban J connectivity index is 2.00. The molecule has 2 heterocycles. The summed E-state index contributed by atoms with van der Waals surface area (Å²) < 4.78 is 0. The lowest BCUT2D eigenvalue weighted by atomic mass is 10.1. The number of aromatic nitrogens is 2. The van der Waals surface area contributed by atoms with Crippen molar-refractivity contribution in [1.82, 2.24) is 14.9 Å². The van der Waals surface area contributed by atoms with Gasteiger partial charge in [-0.1, -0.05) is 0 Å². The molecule has 110 valence electrons. The van der Waals surface area contributed by atoms with Crippen LogP contribution in [0, 0.1) is 6.92 Å². The summed E-state index contributed by atoms with van der Waals surface area (Å²) in [6, 6.07) is 0. The summed E-state index contributed by atoms with van der Waals surface area (Å²) in [4.78, 5) is 41.1. The van der Waals surface area contributed by atoms with Crippen LogP contribution in [0.2, 0.25) is 0 Å². The van der Waals surface area contributed by atoms with E-state index in [0.29, 0.717) is 24.3 Å². The molecule has 1 aromatic heterocycles. The first-order chi connectivity index (χ1) is 9.47. The smallest absolute Gasteiger partial charge is 0.325 e. The number of aliphatic hydroxyl groups is 1. The number of aromatic amines is 2. The minimum Gasteiger partial charge on any atom is -0.391 e. The average molecular weight is 281 g/mol. The lowest BCUT2D eigenvalue weighted by molar-refractivity contribution is -0.134.